The van der Waals surface area contributed by atoms with E-state index >= 15 is 0 Å². The number of carbonyl (C=O) groups excluding carboxylic acids is 1. The van der Waals surface area contributed by atoms with Crippen LogP contribution in [-0.2, 0) is 0 Å². The van der Waals surface area contributed by atoms with E-state index in [1.807, 2.05) is 6.92 Å². The molecule has 106 valence electrons. The van der Waals surface area contributed by atoms with Crippen molar-refractivity contribution in [1.29, 1.82) is 0 Å². The zero-order chi connectivity index (χ0) is 14.8. The first kappa shape index (κ1) is 13.7. The van der Waals surface area contributed by atoms with Crippen molar-refractivity contribution in [1.82, 2.24) is 20.2 Å². The Kier molecular flexibility index (Phi) is 3.68. The molecule has 3 rings (SSSR count). The second kappa shape index (κ2) is 5.63. The minimum atomic E-state index is -0.270. The Morgan fingerprint density at radius 2 is 2.29 bits per heavy atom. The van der Waals surface area contributed by atoms with Gasteiger partial charge in [-0.3, -0.25) is 9.89 Å². The summed E-state index contributed by atoms with van der Waals surface area (Å²) in [5, 5.41) is 11.7. The molecule has 3 aromatic rings. The second-order valence-corrected chi connectivity index (χ2v) is 5.39. The van der Waals surface area contributed by atoms with Crippen molar-refractivity contribution in [2.24, 2.45) is 0 Å². The molecular weight excluding hydrogens is 310 g/mol. The predicted octanol–water partition coefficient (Wildman–Crippen LogP) is 3.14. The lowest BCUT2D eigenvalue weighted by Crippen LogP contribution is -2.12. The van der Waals surface area contributed by atoms with Gasteiger partial charge in [0.1, 0.15) is 11.5 Å². The third-order valence-electron chi connectivity index (χ3n) is 2.73. The Morgan fingerprint density at radius 3 is 2.90 bits per heavy atom. The summed E-state index contributed by atoms with van der Waals surface area (Å²) in [6.07, 6.45) is 0. The number of benzene rings is 1. The van der Waals surface area contributed by atoms with Gasteiger partial charge in [-0.05, 0) is 25.1 Å². The average Bonchev–Trinajstić information content (AvgIpc) is 3.10. The molecule has 2 aromatic heterocycles. The monoisotopic (exact) mass is 319 g/mol. The summed E-state index contributed by atoms with van der Waals surface area (Å²) in [6, 6.07) is 5.17. The van der Waals surface area contributed by atoms with Gasteiger partial charge in [0, 0.05) is 16.6 Å². The molecular formula is C13H10ClN5OS. The summed E-state index contributed by atoms with van der Waals surface area (Å²) >= 11 is 7.59. The van der Waals surface area contributed by atoms with Gasteiger partial charge in [0.05, 0.1) is 10.5 Å². The molecule has 0 unspecified atom stereocenters. The number of anilines is 1. The number of hydrogen-bond donors (Lipinski definition) is 2. The van der Waals surface area contributed by atoms with Gasteiger partial charge in [-0.2, -0.15) is 5.10 Å². The fourth-order valence-electron chi connectivity index (χ4n) is 1.76. The normalized spacial score (nSPS) is 10.6. The average molecular weight is 320 g/mol. The Bertz CT molecular complexity index is 784. The van der Waals surface area contributed by atoms with E-state index in [0.717, 1.165) is 0 Å². The smallest absolute Gasteiger partial charge is 0.275 e. The number of rotatable bonds is 3. The standard InChI is InChI=1S/C13H10ClN5OS/c1-7-16-12(19-18-7)9-3-2-8(4-10(9)14)17-13(20)11-5-21-6-15-11/h2-6H,1H3,(H,17,20)(H,16,18,19). The van der Waals surface area contributed by atoms with Gasteiger partial charge in [-0.1, -0.05) is 11.6 Å². The quantitative estimate of drug-likeness (QED) is 0.776. The molecule has 21 heavy (non-hydrogen) atoms. The van der Waals surface area contributed by atoms with E-state index in [-0.39, 0.29) is 5.91 Å². The van der Waals surface area contributed by atoms with Crippen LogP contribution in [0.25, 0.3) is 11.4 Å². The van der Waals surface area contributed by atoms with E-state index in [1.54, 1.807) is 29.1 Å². The number of aromatic nitrogens is 4. The van der Waals surface area contributed by atoms with Crippen LogP contribution in [0.5, 0.6) is 0 Å². The first-order valence-corrected chi connectivity index (χ1v) is 7.34. The van der Waals surface area contributed by atoms with Crippen LogP contribution in [0.15, 0.2) is 29.1 Å². The van der Waals surface area contributed by atoms with Crippen LogP contribution >= 0.6 is 22.9 Å². The molecule has 0 radical (unpaired) electrons. The van der Waals surface area contributed by atoms with Crippen molar-refractivity contribution in [3.05, 3.63) is 45.6 Å². The van der Waals surface area contributed by atoms with Gasteiger partial charge in [-0.15, -0.1) is 11.3 Å². The van der Waals surface area contributed by atoms with Gasteiger partial charge in [0.2, 0.25) is 0 Å². The molecule has 6 nitrogen and oxygen atoms in total. The number of thiazole rings is 1. The van der Waals surface area contributed by atoms with Crippen molar-refractivity contribution in [2.45, 2.75) is 6.92 Å². The molecule has 8 heteroatoms. The highest BCUT2D eigenvalue weighted by molar-refractivity contribution is 7.07. The highest BCUT2D eigenvalue weighted by atomic mass is 35.5. The van der Waals surface area contributed by atoms with Gasteiger partial charge < -0.3 is 5.32 Å². The number of aromatic amines is 1. The summed E-state index contributed by atoms with van der Waals surface area (Å²) in [5.41, 5.74) is 3.28. The number of H-pyrrole nitrogens is 1. The molecule has 0 aliphatic heterocycles. The largest absolute Gasteiger partial charge is 0.321 e. The van der Waals surface area contributed by atoms with E-state index in [2.05, 4.69) is 25.5 Å². The molecule has 0 fully saturated rings. The highest BCUT2D eigenvalue weighted by Crippen LogP contribution is 2.28. The van der Waals surface area contributed by atoms with Gasteiger partial charge >= 0.3 is 0 Å². The summed E-state index contributed by atoms with van der Waals surface area (Å²) < 4.78 is 0. The van der Waals surface area contributed by atoms with E-state index < -0.39 is 0 Å². The Labute approximate surface area is 129 Å². The first-order chi connectivity index (χ1) is 10.1. The second-order valence-electron chi connectivity index (χ2n) is 4.27. The molecule has 0 bridgehead atoms. The summed E-state index contributed by atoms with van der Waals surface area (Å²) in [6.45, 7) is 1.81. The van der Waals surface area contributed by atoms with Crippen LogP contribution in [0, 0.1) is 6.92 Å². The number of aryl methyl sites for hydroxylation is 1. The third kappa shape index (κ3) is 2.93. The SMILES string of the molecule is Cc1nc(-c2ccc(NC(=O)c3cscn3)cc2Cl)n[nH]1. The number of nitrogens with one attached hydrogen (secondary N) is 2. The topological polar surface area (TPSA) is 83.6 Å². The van der Waals surface area contributed by atoms with Crippen molar-refractivity contribution >= 4 is 34.5 Å². The van der Waals surface area contributed by atoms with E-state index in [4.69, 9.17) is 11.6 Å². The van der Waals surface area contributed by atoms with E-state index in [0.29, 0.717) is 33.6 Å². The predicted molar refractivity (Wildman–Crippen MR) is 81.6 cm³/mol. The van der Waals surface area contributed by atoms with Gasteiger partial charge in [0.25, 0.3) is 5.91 Å². The van der Waals surface area contributed by atoms with Gasteiger partial charge in [-0.25, -0.2) is 9.97 Å². The maximum Gasteiger partial charge on any atom is 0.275 e. The Hall–Kier alpha value is -2.25. The number of nitrogens with zero attached hydrogens (tertiary/aromatic N) is 3. The number of hydrogen-bond acceptors (Lipinski definition) is 5. The van der Waals surface area contributed by atoms with Crippen molar-refractivity contribution in [3.8, 4) is 11.4 Å². The lowest BCUT2D eigenvalue weighted by molar-refractivity contribution is 0.102. The molecule has 0 saturated heterocycles. The lowest BCUT2D eigenvalue weighted by Gasteiger charge is -2.06. The number of halogens is 1. The van der Waals surface area contributed by atoms with Crippen molar-refractivity contribution in [3.63, 3.8) is 0 Å². The fraction of sp³-hybridized carbons (Fsp3) is 0.0769. The van der Waals surface area contributed by atoms with Crippen LogP contribution in [0.2, 0.25) is 5.02 Å². The lowest BCUT2D eigenvalue weighted by atomic mass is 10.2. The molecule has 0 spiro atoms. The summed E-state index contributed by atoms with van der Waals surface area (Å²) in [4.78, 5) is 20.1. The van der Waals surface area contributed by atoms with Crippen LogP contribution < -0.4 is 5.32 Å². The van der Waals surface area contributed by atoms with Crippen LogP contribution in [0.1, 0.15) is 16.3 Å². The maximum atomic E-state index is 11.9. The number of amides is 1. The van der Waals surface area contributed by atoms with Crippen LogP contribution in [-0.4, -0.2) is 26.1 Å². The summed E-state index contributed by atoms with van der Waals surface area (Å²) in [7, 11) is 0. The zero-order valence-electron chi connectivity index (χ0n) is 10.9. The molecule has 0 saturated carbocycles. The molecule has 0 aliphatic rings. The molecule has 2 heterocycles. The molecule has 2 N–H and O–H groups in total. The number of carbonyl (C=O) groups is 1. The van der Waals surface area contributed by atoms with E-state index in [1.165, 1.54) is 11.3 Å². The minimum Gasteiger partial charge on any atom is -0.321 e. The van der Waals surface area contributed by atoms with Crippen molar-refractivity contribution < 1.29 is 4.79 Å². The Balaban J connectivity index is 1.83. The Morgan fingerprint density at radius 1 is 1.43 bits per heavy atom. The van der Waals surface area contributed by atoms with Crippen LogP contribution in [0.3, 0.4) is 0 Å². The zero-order valence-corrected chi connectivity index (χ0v) is 12.5. The van der Waals surface area contributed by atoms with Crippen molar-refractivity contribution in [2.75, 3.05) is 5.32 Å². The summed E-state index contributed by atoms with van der Waals surface area (Å²) in [5.74, 6) is 0.964. The molecule has 0 atom stereocenters. The fourth-order valence-corrected chi connectivity index (χ4v) is 2.55. The molecule has 1 aromatic carbocycles. The van der Waals surface area contributed by atoms with Gasteiger partial charge in [0.15, 0.2) is 5.82 Å². The minimum absolute atomic E-state index is 0.270. The van der Waals surface area contributed by atoms with E-state index in [9.17, 15) is 4.79 Å². The first-order valence-electron chi connectivity index (χ1n) is 6.02. The highest BCUT2D eigenvalue weighted by Gasteiger charge is 2.12. The third-order valence-corrected chi connectivity index (χ3v) is 3.63. The molecule has 1 amide bonds. The maximum absolute atomic E-state index is 11.9. The van der Waals surface area contributed by atoms with Crippen LogP contribution in [0.4, 0.5) is 5.69 Å². The molecule has 0 aliphatic carbocycles.